The van der Waals surface area contributed by atoms with Gasteiger partial charge in [0.2, 0.25) is 15.9 Å². The summed E-state index contributed by atoms with van der Waals surface area (Å²) in [5, 5.41) is 2.77. The highest BCUT2D eigenvalue weighted by atomic mass is 79.9. The SMILES string of the molecule is COc1cc(CCNC(=O)C(NS(C)(=O)=O)C(C)C)cc(Br)c1OCC#Cc1ccc(F)cc1. The number of methoxy groups -OCH3 is 1. The van der Waals surface area contributed by atoms with Crippen LogP contribution < -0.4 is 19.5 Å². The Morgan fingerprint density at radius 2 is 1.88 bits per heavy atom. The van der Waals surface area contributed by atoms with Crippen LogP contribution in [0.2, 0.25) is 0 Å². The minimum atomic E-state index is -3.51. The van der Waals surface area contributed by atoms with Gasteiger partial charge in [-0.05, 0) is 70.2 Å². The summed E-state index contributed by atoms with van der Waals surface area (Å²) in [6, 6.07) is 8.68. The van der Waals surface area contributed by atoms with Gasteiger partial charge in [-0.1, -0.05) is 25.7 Å². The smallest absolute Gasteiger partial charge is 0.238 e. The molecule has 0 aliphatic heterocycles. The molecule has 1 atom stereocenters. The van der Waals surface area contributed by atoms with Crippen molar-refractivity contribution in [2.75, 3.05) is 26.5 Å². The van der Waals surface area contributed by atoms with E-state index in [1.807, 2.05) is 6.07 Å². The first-order valence-corrected chi connectivity index (χ1v) is 13.2. The van der Waals surface area contributed by atoms with Gasteiger partial charge in [-0.15, -0.1) is 0 Å². The van der Waals surface area contributed by atoms with E-state index in [9.17, 15) is 17.6 Å². The Balaban J connectivity index is 1.98. The third kappa shape index (κ3) is 8.97. The number of halogens is 2. The van der Waals surface area contributed by atoms with Gasteiger partial charge in [0.05, 0.1) is 17.8 Å². The summed E-state index contributed by atoms with van der Waals surface area (Å²) in [5.74, 6) is 5.86. The van der Waals surface area contributed by atoms with E-state index in [1.54, 1.807) is 32.0 Å². The van der Waals surface area contributed by atoms with Crippen molar-refractivity contribution in [1.29, 1.82) is 0 Å². The van der Waals surface area contributed by atoms with Gasteiger partial charge in [0.25, 0.3) is 0 Å². The predicted molar refractivity (Wildman–Crippen MR) is 133 cm³/mol. The molecule has 2 aromatic rings. The molecule has 2 rings (SSSR count). The van der Waals surface area contributed by atoms with Crippen molar-refractivity contribution < 1.29 is 27.1 Å². The molecule has 7 nitrogen and oxygen atoms in total. The van der Waals surface area contributed by atoms with Crippen LogP contribution in [0.25, 0.3) is 0 Å². The molecular weight excluding hydrogens is 527 g/mol. The van der Waals surface area contributed by atoms with Crippen LogP contribution in [0.1, 0.15) is 25.0 Å². The number of sulfonamides is 1. The van der Waals surface area contributed by atoms with E-state index >= 15 is 0 Å². The second kappa shape index (κ2) is 12.7. The Morgan fingerprint density at radius 3 is 2.47 bits per heavy atom. The molecule has 34 heavy (non-hydrogen) atoms. The van der Waals surface area contributed by atoms with Gasteiger partial charge >= 0.3 is 0 Å². The largest absolute Gasteiger partial charge is 0.493 e. The van der Waals surface area contributed by atoms with Crippen LogP contribution in [-0.2, 0) is 21.2 Å². The van der Waals surface area contributed by atoms with Gasteiger partial charge in [-0.25, -0.2) is 17.5 Å². The molecule has 0 aliphatic carbocycles. The summed E-state index contributed by atoms with van der Waals surface area (Å²) >= 11 is 3.48. The lowest BCUT2D eigenvalue weighted by atomic mass is 10.0. The molecule has 1 unspecified atom stereocenters. The van der Waals surface area contributed by atoms with E-state index in [0.717, 1.165) is 11.8 Å². The predicted octanol–water partition coefficient (Wildman–Crippen LogP) is 3.26. The first kappa shape index (κ1) is 27.6. The second-order valence-electron chi connectivity index (χ2n) is 7.86. The standard InChI is InChI=1S/C24H28BrFN2O5S/c1-16(2)22(28-34(4,30)31)24(29)27-12-11-18-14-20(25)23(21(15-18)32-3)33-13-5-6-17-7-9-19(26)10-8-17/h7-10,14-16,22,28H,11-13H2,1-4H3,(H,27,29). The molecule has 0 fully saturated rings. The Morgan fingerprint density at radius 1 is 1.21 bits per heavy atom. The summed E-state index contributed by atoms with van der Waals surface area (Å²) in [5.41, 5.74) is 1.56. The van der Waals surface area contributed by atoms with Crippen LogP contribution in [0.4, 0.5) is 4.39 Å². The highest BCUT2D eigenvalue weighted by molar-refractivity contribution is 9.10. The number of carbonyl (C=O) groups is 1. The molecule has 0 saturated carbocycles. The summed E-state index contributed by atoms with van der Waals surface area (Å²) < 4.78 is 50.2. The molecule has 0 aromatic heterocycles. The Kier molecular flexibility index (Phi) is 10.4. The molecule has 0 bridgehead atoms. The second-order valence-corrected chi connectivity index (χ2v) is 10.5. The summed E-state index contributed by atoms with van der Waals surface area (Å²) in [7, 11) is -1.99. The minimum absolute atomic E-state index is 0.103. The van der Waals surface area contributed by atoms with Crippen molar-refractivity contribution >= 4 is 31.9 Å². The van der Waals surface area contributed by atoms with Crippen molar-refractivity contribution in [3.63, 3.8) is 0 Å². The maximum atomic E-state index is 13.0. The number of nitrogens with one attached hydrogen (secondary N) is 2. The number of carbonyl (C=O) groups excluding carboxylic acids is 1. The van der Waals surface area contributed by atoms with Crippen molar-refractivity contribution in [3.8, 4) is 23.3 Å². The maximum Gasteiger partial charge on any atom is 0.238 e. The Bertz CT molecular complexity index is 1160. The molecule has 0 radical (unpaired) electrons. The first-order chi connectivity index (χ1) is 16.0. The van der Waals surface area contributed by atoms with Crippen LogP contribution in [0, 0.1) is 23.6 Å². The fraction of sp³-hybridized carbons (Fsp3) is 0.375. The molecule has 1 amide bonds. The van der Waals surface area contributed by atoms with Gasteiger partial charge in [-0.3, -0.25) is 4.79 Å². The fourth-order valence-corrected chi connectivity index (χ4v) is 4.44. The third-order valence-corrected chi connectivity index (χ3v) is 5.93. The van der Waals surface area contributed by atoms with Crippen LogP contribution in [-0.4, -0.2) is 46.9 Å². The van der Waals surface area contributed by atoms with Crippen LogP contribution >= 0.6 is 15.9 Å². The van der Waals surface area contributed by atoms with E-state index < -0.39 is 16.1 Å². The van der Waals surface area contributed by atoms with Crippen molar-refractivity contribution in [3.05, 3.63) is 57.8 Å². The number of amides is 1. The Labute approximate surface area is 208 Å². The summed E-state index contributed by atoms with van der Waals surface area (Å²) in [4.78, 5) is 12.4. The zero-order valence-corrected chi connectivity index (χ0v) is 21.8. The van der Waals surface area contributed by atoms with Crippen LogP contribution in [0.15, 0.2) is 40.9 Å². The number of benzene rings is 2. The average molecular weight is 555 g/mol. The molecular formula is C24H28BrFN2O5S. The monoisotopic (exact) mass is 554 g/mol. The van der Waals surface area contributed by atoms with Gasteiger partial charge in [0, 0.05) is 12.1 Å². The van der Waals surface area contributed by atoms with Gasteiger partial charge in [0.15, 0.2) is 11.5 Å². The van der Waals surface area contributed by atoms with Crippen LogP contribution in [0.5, 0.6) is 11.5 Å². The molecule has 2 N–H and O–H groups in total. The number of ether oxygens (including phenoxy) is 2. The average Bonchev–Trinajstić information content (AvgIpc) is 2.76. The topological polar surface area (TPSA) is 93.7 Å². The molecule has 10 heteroatoms. The van der Waals surface area contributed by atoms with Crippen LogP contribution in [0.3, 0.4) is 0 Å². The Hall–Kier alpha value is -2.61. The molecule has 0 saturated heterocycles. The summed E-state index contributed by atoms with van der Waals surface area (Å²) in [6.07, 6.45) is 1.52. The molecule has 184 valence electrons. The van der Waals surface area contributed by atoms with E-state index in [0.29, 0.717) is 34.5 Å². The fourth-order valence-electron chi connectivity index (χ4n) is 3.00. The van der Waals surface area contributed by atoms with E-state index in [-0.39, 0.29) is 24.2 Å². The molecule has 2 aromatic carbocycles. The highest BCUT2D eigenvalue weighted by Gasteiger charge is 2.25. The van der Waals surface area contributed by atoms with Gasteiger partial charge in [-0.2, -0.15) is 0 Å². The number of hydrogen-bond acceptors (Lipinski definition) is 5. The highest BCUT2D eigenvalue weighted by Crippen LogP contribution is 2.36. The van der Waals surface area contributed by atoms with E-state index in [2.05, 4.69) is 37.8 Å². The molecule has 0 spiro atoms. The zero-order chi connectivity index (χ0) is 25.3. The van der Waals surface area contributed by atoms with Crippen molar-refractivity contribution in [2.45, 2.75) is 26.3 Å². The molecule has 0 heterocycles. The lowest BCUT2D eigenvalue weighted by molar-refractivity contribution is -0.123. The number of rotatable bonds is 10. The third-order valence-electron chi connectivity index (χ3n) is 4.66. The van der Waals surface area contributed by atoms with Gasteiger partial charge in [0.1, 0.15) is 18.5 Å². The maximum absolute atomic E-state index is 13.0. The van der Waals surface area contributed by atoms with E-state index in [1.165, 1.54) is 19.2 Å². The zero-order valence-electron chi connectivity index (χ0n) is 19.4. The lowest BCUT2D eigenvalue weighted by Gasteiger charge is -2.20. The quantitative estimate of drug-likeness (QED) is 0.439. The van der Waals surface area contributed by atoms with Gasteiger partial charge < -0.3 is 14.8 Å². The van der Waals surface area contributed by atoms with Crippen molar-refractivity contribution in [1.82, 2.24) is 10.0 Å². The normalized spacial score (nSPS) is 12.0. The lowest BCUT2D eigenvalue weighted by Crippen LogP contribution is -2.49. The summed E-state index contributed by atoms with van der Waals surface area (Å²) in [6.45, 7) is 3.96. The number of hydrogen-bond donors (Lipinski definition) is 2. The van der Waals surface area contributed by atoms with Crippen molar-refractivity contribution in [2.24, 2.45) is 5.92 Å². The first-order valence-electron chi connectivity index (χ1n) is 10.5. The molecule has 0 aliphatic rings. The minimum Gasteiger partial charge on any atom is -0.493 e. The van der Waals surface area contributed by atoms with E-state index in [4.69, 9.17) is 9.47 Å².